The lowest BCUT2D eigenvalue weighted by Gasteiger charge is -2.07. The standard InChI is InChI=1S/C14H20N2O4/c1-19-10-9-15-8-7-13(17)16-12-5-3-11(4-6-12)14(18)20-2/h3-6,15H,7-10H2,1-2H3,(H,16,17). The van der Waals surface area contributed by atoms with Crippen molar-refractivity contribution in [2.45, 2.75) is 6.42 Å². The Morgan fingerprint density at radius 1 is 1.10 bits per heavy atom. The molecule has 0 aliphatic carbocycles. The summed E-state index contributed by atoms with van der Waals surface area (Å²) in [5.74, 6) is -0.481. The van der Waals surface area contributed by atoms with E-state index < -0.39 is 5.97 Å². The molecule has 1 rings (SSSR count). The number of carbonyl (C=O) groups excluding carboxylic acids is 2. The van der Waals surface area contributed by atoms with Gasteiger partial charge >= 0.3 is 5.97 Å². The molecule has 0 saturated carbocycles. The van der Waals surface area contributed by atoms with Crippen LogP contribution in [0.2, 0.25) is 0 Å². The van der Waals surface area contributed by atoms with Crippen molar-refractivity contribution >= 4 is 17.6 Å². The molecule has 0 spiro atoms. The van der Waals surface area contributed by atoms with E-state index in [1.807, 2.05) is 0 Å². The Morgan fingerprint density at radius 3 is 2.40 bits per heavy atom. The molecule has 0 radical (unpaired) electrons. The fraction of sp³-hybridized carbons (Fsp3) is 0.429. The van der Waals surface area contributed by atoms with Crippen LogP contribution < -0.4 is 10.6 Å². The lowest BCUT2D eigenvalue weighted by molar-refractivity contribution is -0.116. The zero-order valence-corrected chi connectivity index (χ0v) is 11.8. The Morgan fingerprint density at radius 2 is 1.80 bits per heavy atom. The third-order valence-electron chi connectivity index (χ3n) is 2.60. The van der Waals surface area contributed by atoms with Crippen molar-refractivity contribution in [3.05, 3.63) is 29.8 Å². The molecule has 2 N–H and O–H groups in total. The Balaban J connectivity index is 2.33. The minimum atomic E-state index is -0.398. The zero-order chi connectivity index (χ0) is 14.8. The van der Waals surface area contributed by atoms with Gasteiger partial charge in [-0.3, -0.25) is 4.79 Å². The summed E-state index contributed by atoms with van der Waals surface area (Å²) in [4.78, 5) is 22.9. The number of carbonyl (C=O) groups is 2. The largest absolute Gasteiger partial charge is 0.465 e. The summed E-state index contributed by atoms with van der Waals surface area (Å²) >= 11 is 0. The van der Waals surface area contributed by atoms with E-state index in [9.17, 15) is 9.59 Å². The van der Waals surface area contributed by atoms with Gasteiger partial charge in [-0.1, -0.05) is 0 Å². The quantitative estimate of drug-likeness (QED) is 0.549. The fourth-order valence-electron chi connectivity index (χ4n) is 1.53. The van der Waals surface area contributed by atoms with Gasteiger partial charge in [0.15, 0.2) is 0 Å². The van der Waals surface area contributed by atoms with E-state index in [1.54, 1.807) is 31.4 Å². The molecule has 0 saturated heterocycles. The molecule has 0 bridgehead atoms. The molecule has 0 unspecified atom stereocenters. The van der Waals surface area contributed by atoms with Crippen LogP contribution in [0.3, 0.4) is 0 Å². The molecular formula is C14H20N2O4. The van der Waals surface area contributed by atoms with Gasteiger partial charge in [0.05, 0.1) is 19.3 Å². The number of rotatable bonds is 8. The second kappa shape index (κ2) is 9.06. The van der Waals surface area contributed by atoms with Crippen LogP contribution in [-0.4, -0.2) is 45.8 Å². The summed E-state index contributed by atoms with van der Waals surface area (Å²) in [5, 5.41) is 5.84. The molecule has 1 amide bonds. The van der Waals surface area contributed by atoms with Crippen LogP contribution in [0.1, 0.15) is 16.8 Å². The molecular weight excluding hydrogens is 260 g/mol. The van der Waals surface area contributed by atoms with E-state index in [-0.39, 0.29) is 5.91 Å². The van der Waals surface area contributed by atoms with Crippen molar-refractivity contribution < 1.29 is 19.1 Å². The number of hydrogen-bond acceptors (Lipinski definition) is 5. The van der Waals surface area contributed by atoms with Crippen molar-refractivity contribution in [2.24, 2.45) is 0 Å². The molecule has 0 aromatic heterocycles. The normalized spacial score (nSPS) is 10.1. The van der Waals surface area contributed by atoms with Gasteiger partial charge in [-0.15, -0.1) is 0 Å². The summed E-state index contributed by atoms with van der Waals surface area (Å²) in [5.41, 5.74) is 1.10. The van der Waals surface area contributed by atoms with Crippen LogP contribution in [0.15, 0.2) is 24.3 Å². The highest BCUT2D eigenvalue weighted by molar-refractivity contribution is 5.93. The lowest BCUT2D eigenvalue weighted by Crippen LogP contribution is -2.24. The number of amides is 1. The lowest BCUT2D eigenvalue weighted by atomic mass is 10.2. The van der Waals surface area contributed by atoms with Crippen molar-refractivity contribution in [1.82, 2.24) is 5.32 Å². The molecule has 0 atom stereocenters. The summed E-state index contributed by atoms with van der Waals surface area (Å²) in [6, 6.07) is 6.56. The predicted octanol–water partition coefficient (Wildman–Crippen LogP) is 1.04. The molecule has 0 aliphatic heterocycles. The number of nitrogens with one attached hydrogen (secondary N) is 2. The Hall–Kier alpha value is -1.92. The van der Waals surface area contributed by atoms with Gasteiger partial charge < -0.3 is 20.1 Å². The SMILES string of the molecule is COCCNCCC(=O)Nc1ccc(C(=O)OC)cc1. The minimum Gasteiger partial charge on any atom is -0.465 e. The van der Waals surface area contributed by atoms with Gasteiger partial charge in [-0.05, 0) is 24.3 Å². The van der Waals surface area contributed by atoms with E-state index in [1.165, 1.54) is 7.11 Å². The molecule has 1 aromatic rings. The highest BCUT2D eigenvalue weighted by Gasteiger charge is 2.06. The maximum Gasteiger partial charge on any atom is 0.337 e. The third kappa shape index (κ3) is 5.81. The summed E-state index contributed by atoms with van der Waals surface area (Å²) in [6.07, 6.45) is 0.377. The van der Waals surface area contributed by atoms with Crippen LogP contribution in [-0.2, 0) is 14.3 Å². The van der Waals surface area contributed by atoms with E-state index >= 15 is 0 Å². The Bertz CT molecular complexity index is 431. The van der Waals surface area contributed by atoms with Crippen molar-refractivity contribution in [3.8, 4) is 0 Å². The van der Waals surface area contributed by atoms with E-state index in [2.05, 4.69) is 15.4 Å². The maximum absolute atomic E-state index is 11.6. The smallest absolute Gasteiger partial charge is 0.337 e. The number of anilines is 1. The summed E-state index contributed by atoms with van der Waals surface area (Å²) < 4.78 is 9.48. The molecule has 0 fully saturated rings. The van der Waals surface area contributed by atoms with E-state index in [0.29, 0.717) is 30.8 Å². The molecule has 6 heteroatoms. The Labute approximate surface area is 118 Å². The van der Waals surface area contributed by atoms with Crippen molar-refractivity contribution in [1.29, 1.82) is 0 Å². The average Bonchev–Trinajstić information content (AvgIpc) is 2.47. The first-order chi connectivity index (χ1) is 9.67. The third-order valence-corrected chi connectivity index (χ3v) is 2.60. The van der Waals surface area contributed by atoms with Crippen molar-refractivity contribution in [3.63, 3.8) is 0 Å². The first-order valence-electron chi connectivity index (χ1n) is 6.35. The van der Waals surface area contributed by atoms with Gasteiger partial charge in [0.2, 0.25) is 5.91 Å². The number of ether oxygens (including phenoxy) is 2. The van der Waals surface area contributed by atoms with Crippen molar-refractivity contribution in [2.75, 3.05) is 39.2 Å². The minimum absolute atomic E-state index is 0.0827. The molecule has 110 valence electrons. The molecule has 20 heavy (non-hydrogen) atoms. The average molecular weight is 280 g/mol. The van der Waals surface area contributed by atoms with Gasteiger partial charge in [-0.2, -0.15) is 0 Å². The number of hydrogen-bond donors (Lipinski definition) is 2. The van der Waals surface area contributed by atoms with Crippen LogP contribution in [0.4, 0.5) is 5.69 Å². The number of methoxy groups -OCH3 is 2. The first kappa shape index (κ1) is 16.1. The van der Waals surface area contributed by atoms with Gasteiger partial charge in [0.25, 0.3) is 0 Å². The van der Waals surface area contributed by atoms with Crippen LogP contribution in [0, 0.1) is 0 Å². The molecule has 0 heterocycles. The zero-order valence-electron chi connectivity index (χ0n) is 11.8. The van der Waals surface area contributed by atoms with Gasteiger partial charge in [0, 0.05) is 32.3 Å². The molecule has 6 nitrogen and oxygen atoms in total. The van der Waals surface area contributed by atoms with Gasteiger partial charge in [-0.25, -0.2) is 4.79 Å². The molecule has 1 aromatic carbocycles. The second-order valence-electron chi connectivity index (χ2n) is 4.11. The topological polar surface area (TPSA) is 76.7 Å². The first-order valence-corrected chi connectivity index (χ1v) is 6.35. The second-order valence-corrected chi connectivity index (χ2v) is 4.11. The van der Waals surface area contributed by atoms with Crippen LogP contribution in [0.5, 0.6) is 0 Å². The van der Waals surface area contributed by atoms with Crippen LogP contribution >= 0.6 is 0 Å². The predicted molar refractivity (Wildman–Crippen MR) is 75.8 cm³/mol. The number of esters is 1. The highest BCUT2D eigenvalue weighted by Crippen LogP contribution is 2.10. The number of benzene rings is 1. The van der Waals surface area contributed by atoms with E-state index in [4.69, 9.17) is 4.74 Å². The monoisotopic (exact) mass is 280 g/mol. The van der Waals surface area contributed by atoms with Gasteiger partial charge in [0.1, 0.15) is 0 Å². The fourth-order valence-corrected chi connectivity index (χ4v) is 1.53. The Kier molecular flexibility index (Phi) is 7.31. The highest BCUT2D eigenvalue weighted by atomic mass is 16.5. The summed E-state index contributed by atoms with van der Waals surface area (Å²) in [7, 11) is 2.96. The maximum atomic E-state index is 11.6. The van der Waals surface area contributed by atoms with E-state index in [0.717, 1.165) is 6.54 Å². The molecule has 0 aliphatic rings. The van der Waals surface area contributed by atoms with Crippen LogP contribution in [0.25, 0.3) is 0 Å². The summed E-state index contributed by atoms with van der Waals surface area (Å²) in [6.45, 7) is 1.93.